The normalized spacial score (nSPS) is 18.9. The molecular formula is C17H25NO3Si. The second-order valence-corrected chi connectivity index (χ2v) is 9.80. The van der Waals surface area contributed by atoms with Gasteiger partial charge in [-0.05, 0) is 16.5 Å². The molecule has 1 aliphatic heterocycles. The Bertz CT molecular complexity index is 542. The first kappa shape index (κ1) is 16.7. The first-order valence-corrected chi connectivity index (χ1v) is 9.15. The number of ether oxygens (including phenoxy) is 1. The number of hydrogen-bond acceptors (Lipinski definition) is 3. The molecule has 22 heavy (non-hydrogen) atoms. The number of rotatable bonds is 6. The van der Waals surface area contributed by atoms with Crippen molar-refractivity contribution in [3.05, 3.63) is 35.9 Å². The van der Waals surface area contributed by atoms with Gasteiger partial charge in [0.15, 0.2) is 0 Å². The van der Waals surface area contributed by atoms with E-state index >= 15 is 0 Å². The van der Waals surface area contributed by atoms with Gasteiger partial charge in [0.05, 0.1) is 6.42 Å². The van der Waals surface area contributed by atoms with Gasteiger partial charge < -0.3 is 9.30 Å². The van der Waals surface area contributed by atoms with Crippen LogP contribution in [0.25, 0.3) is 0 Å². The lowest BCUT2D eigenvalue weighted by Gasteiger charge is -2.44. The minimum absolute atomic E-state index is 0.0991. The maximum Gasteiger partial charge on any atom is 0.328 e. The Morgan fingerprint density at radius 1 is 1.36 bits per heavy atom. The van der Waals surface area contributed by atoms with Crippen LogP contribution in [-0.4, -0.2) is 32.2 Å². The fourth-order valence-electron chi connectivity index (χ4n) is 2.31. The van der Waals surface area contributed by atoms with Crippen molar-refractivity contribution in [1.29, 1.82) is 0 Å². The molecule has 1 aromatic rings. The zero-order chi connectivity index (χ0) is 16.3. The van der Waals surface area contributed by atoms with Gasteiger partial charge in [-0.2, -0.15) is 0 Å². The SMILES string of the molecule is CC(C)C(C)(C)[SiH2]N1C(=O)CC1C(=O)OCc1ccccc1. The maximum absolute atomic E-state index is 12.2. The molecule has 0 spiro atoms. The summed E-state index contributed by atoms with van der Waals surface area (Å²) in [5.41, 5.74) is 0.966. The highest BCUT2D eigenvalue weighted by atomic mass is 28.2. The summed E-state index contributed by atoms with van der Waals surface area (Å²) in [5.74, 6) is 0.325. The summed E-state index contributed by atoms with van der Waals surface area (Å²) in [6, 6.07) is 9.25. The number of amides is 1. The first-order valence-electron chi connectivity index (χ1n) is 7.81. The van der Waals surface area contributed by atoms with E-state index in [4.69, 9.17) is 4.74 Å². The summed E-state index contributed by atoms with van der Waals surface area (Å²) in [5, 5.41) is 0.119. The predicted molar refractivity (Wildman–Crippen MR) is 88.9 cm³/mol. The van der Waals surface area contributed by atoms with Crippen LogP contribution in [0.4, 0.5) is 0 Å². The lowest BCUT2D eigenvalue weighted by atomic mass is 9.99. The molecule has 1 heterocycles. The van der Waals surface area contributed by atoms with Crippen molar-refractivity contribution >= 4 is 21.6 Å². The minimum atomic E-state index is -0.832. The van der Waals surface area contributed by atoms with Gasteiger partial charge in [0, 0.05) is 0 Å². The van der Waals surface area contributed by atoms with Crippen molar-refractivity contribution in [3.8, 4) is 0 Å². The van der Waals surface area contributed by atoms with Gasteiger partial charge in [-0.15, -0.1) is 0 Å². The third kappa shape index (κ3) is 3.77. The molecule has 0 radical (unpaired) electrons. The fourth-order valence-corrected chi connectivity index (χ4v) is 4.36. The fraction of sp³-hybridized carbons (Fsp3) is 0.529. The number of esters is 1. The molecule has 0 bridgehead atoms. The Hall–Kier alpha value is -1.62. The zero-order valence-electron chi connectivity index (χ0n) is 13.8. The van der Waals surface area contributed by atoms with E-state index in [-0.39, 0.29) is 29.6 Å². The molecule has 1 unspecified atom stereocenters. The molecule has 1 saturated heterocycles. The highest BCUT2D eigenvalue weighted by molar-refractivity contribution is 6.43. The molecule has 2 rings (SSSR count). The predicted octanol–water partition coefficient (Wildman–Crippen LogP) is 2.27. The molecule has 1 atom stereocenters. The van der Waals surface area contributed by atoms with Crippen LogP contribution in [0.2, 0.25) is 5.04 Å². The quantitative estimate of drug-likeness (QED) is 0.459. The molecule has 120 valence electrons. The van der Waals surface area contributed by atoms with E-state index in [0.29, 0.717) is 12.3 Å². The molecule has 1 amide bonds. The van der Waals surface area contributed by atoms with Crippen molar-refractivity contribution < 1.29 is 14.3 Å². The third-order valence-corrected chi connectivity index (χ3v) is 7.47. The number of β-lactam (4-membered cyclic amide) rings is 1. The van der Waals surface area contributed by atoms with Gasteiger partial charge in [-0.25, -0.2) is 4.79 Å². The van der Waals surface area contributed by atoms with Crippen molar-refractivity contribution in [2.75, 3.05) is 0 Å². The van der Waals surface area contributed by atoms with E-state index in [1.807, 2.05) is 30.3 Å². The monoisotopic (exact) mass is 319 g/mol. The molecular weight excluding hydrogens is 294 g/mol. The Morgan fingerprint density at radius 2 is 2.00 bits per heavy atom. The van der Waals surface area contributed by atoms with Crippen molar-refractivity contribution in [2.24, 2.45) is 5.92 Å². The summed E-state index contributed by atoms with van der Waals surface area (Å²) in [4.78, 5) is 24.1. The average Bonchev–Trinajstić information content (AvgIpc) is 2.49. The highest BCUT2D eigenvalue weighted by Crippen LogP contribution is 2.36. The van der Waals surface area contributed by atoms with Crippen molar-refractivity contribution in [3.63, 3.8) is 0 Å². The lowest BCUT2D eigenvalue weighted by molar-refractivity contribution is -0.161. The van der Waals surface area contributed by atoms with Gasteiger partial charge in [-0.3, -0.25) is 4.79 Å². The van der Waals surface area contributed by atoms with Crippen LogP contribution in [0.5, 0.6) is 0 Å². The molecule has 0 N–H and O–H groups in total. The maximum atomic E-state index is 12.2. The second-order valence-electron chi connectivity index (χ2n) is 6.98. The van der Waals surface area contributed by atoms with Crippen molar-refractivity contribution in [1.82, 2.24) is 4.57 Å². The molecule has 1 aliphatic rings. The zero-order valence-corrected chi connectivity index (χ0v) is 15.2. The Morgan fingerprint density at radius 3 is 2.55 bits per heavy atom. The molecule has 4 nitrogen and oxygen atoms in total. The van der Waals surface area contributed by atoms with Crippen molar-refractivity contribution in [2.45, 2.75) is 51.8 Å². The van der Waals surface area contributed by atoms with Crippen LogP contribution in [0.1, 0.15) is 39.7 Å². The molecule has 0 saturated carbocycles. The smallest absolute Gasteiger partial charge is 0.328 e. The van der Waals surface area contributed by atoms with Gasteiger partial charge in [0.2, 0.25) is 5.91 Å². The molecule has 5 heteroatoms. The van der Waals surface area contributed by atoms with E-state index in [1.165, 1.54) is 0 Å². The number of nitrogens with zero attached hydrogens (tertiary/aromatic N) is 1. The average molecular weight is 319 g/mol. The van der Waals surface area contributed by atoms with Crippen LogP contribution in [0.15, 0.2) is 30.3 Å². The Balaban J connectivity index is 1.91. The molecule has 1 aromatic carbocycles. The Labute approximate surface area is 134 Å². The minimum Gasteiger partial charge on any atom is -0.459 e. The summed E-state index contributed by atoms with van der Waals surface area (Å²) in [7, 11) is -0.832. The molecule has 0 aliphatic carbocycles. The van der Waals surface area contributed by atoms with Crippen LogP contribution in [-0.2, 0) is 20.9 Å². The summed E-state index contributed by atoms with van der Waals surface area (Å²) in [6.45, 7) is 8.97. The summed E-state index contributed by atoms with van der Waals surface area (Å²) < 4.78 is 7.17. The standard InChI is InChI=1S/C17H25NO3Si/c1-12(2)17(3,4)22-18-14(10-15(18)19)16(20)21-11-13-8-6-5-7-9-13/h5-9,12,14H,10-11,22H2,1-4H3. The topological polar surface area (TPSA) is 46.6 Å². The first-order chi connectivity index (χ1) is 10.3. The van der Waals surface area contributed by atoms with Gasteiger partial charge >= 0.3 is 5.97 Å². The van der Waals surface area contributed by atoms with E-state index < -0.39 is 9.68 Å². The number of carbonyl (C=O) groups excluding carboxylic acids is 2. The van der Waals surface area contributed by atoms with Gasteiger partial charge in [0.1, 0.15) is 22.3 Å². The van der Waals surface area contributed by atoms with Crippen LogP contribution in [0.3, 0.4) is 0 Å². The Kier molecular flexibility index (Phi) is 5.06. The highest BCUT2D eigenvalue weighted by Gasteiger charge is 2.44. The number of hydrogen-bond donors (Lipinski definition) is 0. The third-order valence-electron chi connectivity index (χ3n) is 4.70. The lowest BCUT2D eigenvalue weighted by Crippen LogP contribution is -2.60. The van der Waals surface area contributed by atoms with Crippen LogP contribution >= 0.6 is 0 Å². The van der Waals surface area contributed by atoms with Crippen LogP contribution in [0, 0.1) is 5.92 Å². The second kappa shape index (κ2) is 6.65. The largest absolute Gasteiger partial charge is 0.459 e. The van der Waals surface area contributed by atoms with Gasteiger partial charge in [0.25, 0.3) is 0 Å². The van der Waals surface area contributed by atoms with E-state index in [2.05, 4.69) is 27.7 Å². The number of benzene rings is 1. The van der Waals surface area contributed by atoms with Crippen LogP contribution < -0.4 is 0 Å². The summed E-state index contributed by atoms with van der Waals surface area (Å²) in [6.07, 6.45) is 0.300. The van der Waals surface area contributed by atoms with E-state index in [1.54, 1.807) is 4.57 Å². The summed E-state index contributed by atoms with van der Waals surface area (Å²) >= 11 is 0. The number of carbonyl (C=O) groups is 2. The van der Waals surface area contributed by atoms with E-state index in [0.717, 1.165) is 5.56 Å². The van der Waals surface area contributed by atoms with Gasteiger partial charge in [-0.1, -0.05) is 58.0 Å². The molecule has 0 aromatic heterocycles. The van der Waals surface area contributed by atoms with E-state index in [9.17, 15) is 9.59 Å². The molecule has 1 fully saturated rings.